The molecule has 2 fully saturated rings. The number of hydrogen-bond donors (Lipinski definition) is 3. The van der Waals surface area contributed by atoms with Crippen molar-refractivity contribution in [1.29, 1.82) is 0 Å². The second-order valence-electron chi connectivity index (χ2n) is 8.27. The molecule has 158 valence electrons. The van der Waals surface area contributed by atoms with Crippen LogP contribution in [0.15, 0.2) is 0 Å². The lowest BCUT2D eigenvalue weighted by molar-refractivity contribution is -0.150. The number of carbonyl (C=O) groups is 4. The van der Waals surface area contributed by atoms with Gasteiger partial charge in [0.1, 0.15) is 23.5 Å². The fourth-order valence-electron chi connectivity index (χ4n) is 3.60. The third-order valence-electron chi connectivity index (χ3n) is 5.30. The van der Waals surface area contributed by atoms with Crippen molar-refractivity contribution in [3.8, 4) is 0 Å². The van der Waals surface area contributed by atoms with E-state index in [9.17, 15) is 32.7 Å². The molecule has 0 saturated carbocycles. The number of rotatable bonds is 7. The number of carboxylic acids is 1. The largest absolute Gasteiger partial charge is 0.480 e. The summed E-state index contributed by atoms with van der Waals surface area (Å²) in [6.07, 6.45) is 0.0701. The predicted molar refractivity (Wildman–Crippen MR) is 98.7 cm³/mol. The molecule has 0 aromatic carbocycles. The summed E-state index contributed by atoms with van der Waals surface area (Å²) < 4.78 is 23.6. The molecule has 0 aromatic heterocycles. The molecule has 2 rings (SSSR count). The lowest BCUT2D eigenvalue weighted by Gasteiger charge is -2.37. The first-order chi connectivity index (χ1) is 12.7. The van der Waals surface area contributed by atoms with Crippen molar-refractivity contribution < 1.29 is 32.7 Å². The maximum absolute atomic E-state index is 12.7. The maximum Gasteiger partial charge on any atom is 0.326 e. The summed E-state index contributed by atoms with van der Waals surface area (Å²) in [4.78, 5) is 49.3. The molecule has 2 saturated heterocycles. The molecule has 2 heterocycles. The molecule has 4 atom stereocenters. The van der Waals surface area contributed by atoms with Crippen LogP contribution in [0.4, 0.5) is 0 Å². The van der Waals surface area contributed by atoms with Crippen molar-refractivity contribution >= 4 is 33.5 Å². The quantitative estimate of drug-likeness (QED) is 0.461. The Labute approximate surface area is 163 Å². The van der Waals surface area contributed by atoms with Crippen LogP contribution in [0.2, 0.25) is 0 Å². The van der Waals surface area contributed by atoms with E-state index in [4.69, 9.17) is 0 Å². The Morgan fingerprint density at radius 2 is 1.79 bits per heavy atom. The highest BCUT2D eigenvalue weighted by Crippen LogP contribution is 2.45. The smallest absolute Gasteiger partial charge is 0.326 e. The fraction of sp³-hybridized carbons (Fsp3) is 0.765. The van der Waals surface area contributed by atoms with Crippen molar-refractivity contribution in [1.82, 2.24) is 15.5 Å². The van der Waals surface area contributed by atoms with Gasteiger partial charge in [0.2, 0.25) is 17.7 Å². The fourth-order valence-corrected chi connectivity index (χ4v) is 5.73. The number of amides is 3. The van der Waals surface area contributed by atoms with E-state index in [1.54, 1.807) is 0 Å². The van der Waals surface area contributed by atoms with E-state index in [-0.39, 0.29) is 18.8 Å². The number of sulfone groups is 1. The van der Waals surface area contributed by atoms with Gasteiger partial charge in [-0.05, 0) is 33.1 Å². The Bertz CT molecular complexity index is 806. The van der Waals surface area contributed by atoms with E-state index in [1.165, 1.54) is 20.8 Å². The maximum atomic E-state index is 12.7. The molecular weight excluding hydrogens is 390 g/mol. The molecule has 4 unspecified atom stereocenters. The van der Waals surface area contributed by atoms with Crippen LogP contribution < -0.4 is 10.6 Å². The number of carboxylic acid groups (broad SMARTS) is 1. The van der Waals surface area contributed by atoms with Crippen LogP contribution in [0.25, 0.3) is 0 Å². The van der Waals surface area contributed by atoms with E-state index in [0.29, 0.717) is 0 Å². The predicted octanol–water partition coefficient (Wildman–Crippen LogP) is -0.759. The molecule has 0 aromatic rings. The van der Waals surface area contributed by atoms with Crippen molar-refractivity contribution in [2.45, 2.75) is 75.7 Å². The summed E-state index contributed by atoms with van der Waals surface area (Å²) in [5.41, 5.74) is 0. The minimum atomic E-state index is -3.73. The third-order valence-corrected chi connectivity index (χ3v) is 8.10. The van der Waals surface area contributed by atoms with E-state index in [2.05, 4.69) is 10.6 Å². The van der Waals surface area contributed by atoms with E-state index in [1.807, 2.05) is 13.8 Å². The van der Waals surface area contributed by atoms with Crippen LogP contribution in [0, 0.1) is 5.92 Å². The monoisotopic (exact) mass is 417 g/mol. The van der Waals surface area contributed by atoms with Crippen LogP contribution in [0.3, 0.4) is 0 Å². The summed E-state index contributed by atoms with van der Waals surface area (Å²) in [5.74, 6) is -3.05. The molecule has 10 nitrogen and oxygen atoms in total. The van der Waals surface area contributed by atoms with Gasteiger partial charge in [-0.15, -0.1) is 0 Å². The molecule has 28 heavy (non-hydrogen) atoms. The number of β-lactam (4-membered cyclic amide) rings is 1. The van der Waals surface area contributed by atoms with Gasteiger partial charge in [-0.25, -0.2) is 13.2 Å². The summed E-state index contributed by atoms with van der Waals surface area (Å²) >= 11 is 0. The van der Waals surface area contributed by atoms with Crippen molar-refractivity contribution in [3.05, 3.63) is 0 Å². The van der Waals surface area contributed by atoms with Gasteiger partial charge in [-0.1, -0.05) is 13.8 Å². The van der Waals surface area contributed by atoms with Crippen molar-refractivity contribution in [3.63, 3.8) is 0 Å². The second kappa shape index (κ2) is 7.34. The Hall–Kier alpha value is -2.17. The molecule has 0 radical (unpaired) electrons. The molecule has 3 N–H and O–H groups in total. The highest BCUT2D eigenvalue weighted by atomic mass is 32.2. The van der Waals surface area contributed by atoms with Crippen molar-refractivity contribution in [2.24, 2.45) is 5.92 Å². The molecule has 3 amide bonds. The first kappa shape index (κ1) is 22.1. The number of aliphatic carboxylic acids is 1. The van der Waals surface area contributed by atoms with Gasteiger partial charge in [0.25, 0.3) is 0 Å². The summed E-state index contributed by atoms with van der Waals surface area (Å²) in [6, 6.07) is -3.45. The van der Waals surface area contributed by atoms with Gasteiger partial charge in [0, 0.05) is 0 Å². The van der Waals surface area contributed by atoms with E-state index in [0.717, 1.165) is 4.90 Å². The molecular formula is C17H27N3O7S. The van der Waals surface area contributed by atoms with Crippen LogP contribution in [0.5, 0.6) is 0 Å². The zero-order valence-electron chi connectivity index (χ0n) is 16.6. The highest BCUT2D eigenvalue weighted by molar-refractivity contribution is 7.93. The Kier molecular flexibility index (Phi) is 5.80. The summed E-state index contributed by atoms with van der Waals surface area (Å²) in [7, 11) is -3.73. The molecule has 11 heteroatoms. The van der Waals surface area contributed by atoms with Gasteiger partial charge >= 0.3 is 5.97 Å². The average Bonchev–Trinajstić information content (AvgIpc) is 2.67. The topological polar surface area (TPSA) is 150 Å². The number of nitrogens with zero attached hydrogens (tertiary/aromatic N) is 1. The zero-order valence-corrected chi connectivity index (χ0v) is 17.4. The van der Waals surface area contributed by atoms with Gasteiger partial charge in [-0.2, -0.15) is 0 Å². The summed E-state index contributed by atoms with van der Waals surface area (Å²) in [6.45, 7) is 7.76. The minimum Gasteiger partial charge on any atom is -0.480 e. The lowest BCUT2D eigenvalue weighted by Crippen LogP contribution is -2.61. The van der Waals surface area contributed by atoms with Crippen LogP contribution in [-0.4, -0.2) is 70.4 Å². The molecule has 2 aliphatic heterocycles. The molecule has 0 spiro atoms. The number of hydrogen-bond acceptors (Lipinski definition) is 6. The average molecular weight is 417 g/mol. The Morgan fingerprint density at radius 3 is 2.25 bits per heavy atom. The molecule has 0 bridgehead atoms. The first-order valence-electron chi connectivity index (χ1n) is 9.10. The van der Waals surface area contributed by atoms with Gasteiger partial charge < -0.3 is 20.6 Å². The van der Waals surface area contributed by atoms with Gasteiger partial charge in [0.15, 0.2) is 9.84 Å². The van der Waals surface area contributed by atoms with Gasteiger partial charge in [-0.3, -0.25) is 14.4 Å². The normalized spacial score (nSPS) is 26.8. The SMILES string of the molecule is CC(C)CC(NC(=O)C(C)NC(=O)C1N2C(=O)CC2S(=O)(=O)C1(C)C)C(=O)O. The number of fused-ring (bicyclic) bond motifs is 1. The second-order valence-corrected chi connectivity index (χ2v) is 11.0. The lowest BCUT2D eigenvalue weighted by atomic mass is 9.97. The number of carbonyl (C=O) groups excluding carboxylic acids is 3. The zero-order chi connectivity index (χ0) is 21.6. The Balaban J connectivity index is 2.10. The van der Waals surface area contributed by atoms with Crippen LogP contribution in [0.1, 0.15) is 47.5 Å². The van der Waals surface area contributed by atoms with E-state index >= 15 is 0 Å². The van der Waals surface area contributed by atoms with E-state index < -0.39 is 61.8 Å². The minimum absolute atomic E-state index is 0.0326. The first-order valence-corrected chi connectivity index (χ1v) is 10.6. The molecule has 0 aliphatic carbocycles. The summed E-state index contributed by atoms with van der Waals surface area (Å²) in [5, 5.41) is 13.0. The Morgan fingerprint density at radius 1 is 1.21 bits per heavy atom. The molecule has 2 aliphatic rings. The highest BCUT2D eigenvalue weighted by Gasteiger charge is 2.67. The number of nitrogens with one attached hydrogen (secondary N) is 2. The standard InChI is InChI=1S/C17H27N3O7S/c1-8(2)6-10(16(24)25)19-14(22)9(3)18-15(23)13-17(4,5)28(26,27)12-7-11(21)20(12)13/h8-10,12-13H,6-7H2,1-5H3,(H,18,23)(H,19,22)(H,24,25). The van der Waals surface area contributed by atoms with Gasteiger partial charge in [0.05, 0.1) is 11.2 Å². The van der Waals surface area contributed by atoms with Crippen LogP contribution in [-0.2, 0) is 29.0 Å². The van der Waals surface area contributed by atoms with Crippen LogP contribution >= 0.6 is 0 Å². The van der Waals surface area contributed by atoms with Crippen molar-refractivity contribution in [2.75, 3.05) is 0 Å². The third kappa shape index (κ3) is 3.59.